The Morgan fingerprint density at radius 1 is 0.970 bits per heavy atom. The smallest absolute Gasteiger partial charge is 0.312 e. The molecule has 3 aromatic rings. The number of anilines is 1. The second-order valence-corrected chi connectivity index (χ2v) is 16.3. The third-order valence-electron chi connectivity index (χ3n) is 4.61. The molecule has 4 rings (SSSR count). The van der Waals surface area contributed by atoms with Crippen LogP contribution in [-0.4, -0.2) is 21.5 Å². The van der Waals surface area contributed by atoms with Crippen molar-refractivity contribution in [1.82, 2.24) is 9.55 Å². The summed E-state index contributed by atoms with van der Waals surface area (Å²) in [6.07, 6.45) is 0.523. The van der Waals surface area contributed by atoms with E-state index < -0.39 is 5.20 Å². The maximum absolute atomic E-state index is 11.7. The van der Waals surface area contributed by atoms with Crippen LogP contribution in [0.25, 0.3) is 11.0 Å². The molecule has 0 fully saturated rings. The zero-order valence-electron chi connectivity index (χ0n) is 18.2. The molecule has 12 heteroatoms. The highest BCUT2D eigenvalue weighted by Gasteiger charge is 2.30. The van der Waals surface area contributed by atoms with Gasteiger partial charge in [-0.3, -0.25) is 9.36 Å². The number of benzene rings is 2. The normalized spacial score (nSPS) is 13.1. The first-order valence-electron chi connectivity index (χ1n) is 9.82. The molecule has 0 saturated heterocycles. The molecule has 0 N–H and O–H groups in total. The molecule has 0 unspecified atom stereocenters. The topological polar surface area (TPSA) is 55.2 Å². The van der Waals surface area contributed by atoms with E-state index in [1.54, 1.807) is 0 Å². The van der Waals surface area contributed by atoms with Crippen LogP contribution in [0.2, 0.25) is 5.28 Å². The molecule has 0 spiro atoms. The molecular formula is C21H22Br2Cl4N3O2P. The van der Waals surface area contributed by atoms with E-state index in [1.807, 2.05) is 59.7 Å². The Labute approximate surface area is 229 Å². The van der Waals surface area contributed by atoms with Crippen LogP contribution >= 0.6 is 82.4 Å². The Morgan fingerprint density at radius 3 is 2.06 bits per heavy atom. The number of aromatic nitrogens is 2. The molecule has 2 heterocycles. The molecule has 0 atom stereocenters. The van der Waals surface area contributed by atoms with E-state index in [1.165, 1.54) is 0 Å². The third kappa shape index (κ3) is 7.86. The number of hydrogen-bond donors (Lipinski definition) is 0. The van der Waals surface area contributed by atoms with Gasteiger partial charge in [-0.2, -0.15) is 0 Å². The second kappa shape index (κ2) is 12.1. The van der Waals surface area contributed by atoms with Gasteiger partial charge in [0.25, 0.3) is 0 Å². The van der Waals surface area contributed by atoms with Gasteiger partial charge in [-0.25, -0.2) is 4.98 Å². The summed E-state index contributed by atoms with van der Waals surface area (Å²) in [5.41, 5.74) is 4.16. The molecule has 180 valence electrons. The Bertz CT molecular complexity index is 1190. The quantitative estimate of drug-likeness (QED) is 0.253. The van der Waals surface area contributed by atoms with Gasteiger partial charge in [-0.1, -0.05) is 28.1 Å². The van der Waals surface area contributed by atoms with E-state index in [-0.39, 0.29) is 11.9 Å². The minimum atomic E-state index is -3.22. The minimum Gasteiger partial charge on any atom is -0.312 e. The van der Waals surface area contributed by atoms with Crippen molar-refractivity contribution in [2.75, 3.05) is 4.90 Å². The van der Waals surface area contributed by atoms with Crippen LogP contribution < -0.4 is 4.90 Å². The number of carbonyl (C=O) groups excluding carboxylic acids is 1. The van der Waals surface area contributed by atoms with Gasteiger partial charge >= 0.3 is 5.20 Å². The molecule has 1 aliphatic heterocycles. The fraction of sp³-hybridized carbons (Fsp3) is 0.333. The lowest BCUT2D eigenvalue weighted by atomic mass is 10.2. The summed E-state index contributed by atoms with van der Waals surface area (Å²) >= 11 is 26.8. The van der Waals surface area contributed by atoms with Crippen molar-refractivity contribution in [3.05, 3.63) is 56.2 Å². The van der Waals surface area contributed by atoms with Gasteiger partial charge in [-0.15, -0.1) is 0 Å². The number of carbonyl (C=O) groups is 1. The first kappa shape index (κ1) is 29.0. The molecule has 33 heavy (non-hydrogen) atoms. The Morgan fingerprint density at radius 2 is 1.52 bits per heavy atom. The van der Waals surface area contributed by atoms with Crippen LogP contribution in [0, 0.1) is 0 Å². The number of nitrogens with zero attached hydrogens (tertiary/aromatic N) is 3. The molecule has 0 saturated carbocycles. The first-order valence-corrected chi connectivity index (χ1v) is 16.2. The Hall–Kier alpha value is -0.270. The standard InChI is InChI=1S/C11H12BrNO.C10H10BrClN2.Cl3OP/c1-7(2)13-10-5-3-4-9(12)8(10)6-11(13)14;1-6(2)14-8-5-3-4-7(11)9(8)13-10(14)12;1-5(2,3)4/h3-5,7H,6H2,1-2H3;3-6H,1-2H3;. The number of hydrogen-bond acceptors (Lipinski definition) is 3. The third-order valence-corrected chi connectivity index (χ3v) is 6.26. The molecule has 0 aliphatic carbocycles. The molecule has 5 nitrogen and oxygen atoms in total. The predicted octanol–water partition coefficient (Wildman–Crippen LogP) is 9.59. The summed E-state index contributed by atoms with van der Waals surface area (Å²) in [5, 5.41) is -2.68. The van der Waals surface area contributed by atoms with Crippen molar-refractivity contribution in [2.45, 2.75) is 46.2 Å². The van der Waals surface area contributed by atoms with E-state index in [0.717, 1.165) is 31.2 Å². The average molecular weight is 681 g/mol. The van der Waals surface area contributed by atoms with Gasteiger partial charge < -0.3 is 9.47 Å². The summed E-state index contributed by atoms with van der Waals surface area (Å²) in [6, 6.07) is 12.5. The lowest BCUT2D eigenvalue weighted by Crippen LogP contribution is -2.33. The van der Waals surface area contributed by atoms with E-state index in [4.69, 9.17) is 11.6 Å². The largest absolute Gasteiger partial charge is 0.339 e. The average Bonchev–Trinajstić information content (AvgIpc) is 3.18. The maximum Gasteiger partial charge on any atom is 0.339 e. The van der Waals surface area contributed by atoms with E-state index >= 15 is 0 Å². The van der Waals surface area contributed by atoms with Gasteiger partial charge in [0.15, 0.2) is 0 Å². The number of amides is 1. The van der Waals surface area contributed by atoms with Crippen LogP contribution in [0.5, 0.6) is 0 Å². The minimum absolute atomic E-state index is 0.196. The highest BCUT2D eigenvalue weighted by molar-refractivity contribution is 9.11. The molecule has 0 radical (unpaired) electrons. The van der Waals surface area contributed by atoms with Crippen molar-refractivity contribution in [3.63, 3.8) is 0 Å². The van der Waals surface area contributed by atoms with Crippen molar-refractivity contribution < 1.29 is 9.36 Å². The number of halogens is 6. The lowest BCUT2D eigenvalue weighted by molar-refractivity contribution is -0.117. The van der Waals surface area contributed by atoms with Gasteiger partial charge in [0.05, 0.1) is 11.9 Å². The van der Waals surface area contributed by atoms with E-state index in [9.17, 15) is 9.36 Å². The SMILES string of the molecule is CC(C)N1C(=O)Cc2c(Br)cccc21.CC(C)n1c(Cl)nc2c(Br)cccc21.O=P(Cl)(Cl)Cl. The monoisotopic (exact) mass is 677 g/mol. The second-order valence-electron chi connectivity index (χ2n) is 7.62. The molecule has 1 aliphatic rings. The zero-order chi connectivity index (χ0) is 25.1. The fourth-order valence-corrected chi connectivity index (χ4v) is 4.74. The number of imidazole rings is 1. The zero-order valence-corrected chi connectivity index (χ0v) is 25.3. The van der Waals surface area contributed by atoms with Gasteiger partial charge in [0, 0.05) is 26.7 Å². The fourth-order valence-electron chi connectivity index (χ4n) is 3.43. The first-order chi connectivity index (χ1) is 15.2. The summed E-state index contributed by atoms with van der Waals surface area (Å²) in [7, 11) is 0. The molecular weight excluding hydrogens is 659 g/mol. The van der Waals surface area contributed by atoms with Crippen LogP contribution in [0.3, 0.4) is 0 Å². The maximum atomic E-state index is 11.7. The molecule has 1 amide bonds. The van der Waals surface area contributed by atoms with Gasteiger partial charge in [0.1, 0.15) is 5.52 Å². The summed E-state index contributed by atoms with van der Waals surface area (Å²) < 4.78 is 13.5. The Balaban J connectivity index is 0.000000195. The summed E-state index contributed by atoms with van der Waals surface area (Å²) in [6.45, 7) is 8.25. The predicted molar refractivity (Wildman–Crippen MR) is 148 cm³/mol. The number of rotatable bonds is 2. The molecule has 1 aromatic heterocycles. The van der Waals surface area contributed by atoms with Crippen LogP contribution in [0.1, 0.15) is 39.3 Å². The van der Waals surface area contributed by atoms with E-state index in [2.05, 4.69) is 84.4 Å². The number of para-hydroxylation sites is 1. The molecule has 0 bridgehead atoms. The van der Waals surface area contributed by atoms with Crippen LogP contribution in [0.4, 0.5) is 5.69 Å². The van der Waals surface area contributed by atoms with Gasteiger partial charge in [0.2, 0.25) is 11.2 Å². The van der Waals surface area contributed by atoms with Crippen LogP contribution in [-0.2, 0) is 15.8 Å². The lowest BCUT2D eigenvalue weighted by Gasteiger charge is -2.21. The molecule has 2 aromatic carbocycles. The van der Waals surface area contributed by atoms with Crippen molar-refractivity contribution in [2.24, 2.45) is 0 Å². The van der Waals surface area contributed by atoms with Gasteiger partial charge in [-0.05, 0) is 119 Å². The van der Waals surface area contributed by atoms with Crippen molar-refractivity contribution in [3.8, 4) is 0 Å². The summed E-state index contributed by atoms with van der Waals surface area (Å²) in [5.74, 6) is 0.196. The van der Waals surface area contributed by atoms with Crippen LogP contribution in [0.15, 0.2) is 45.3 Å². The van der Waals surface area contributed by atoms with Crippen molar-refractivity contribution in [1.29, 1.82) is 0 Å². The Kier molecular flexibility index (Phi) is 10.6. The summed E-state index contributed by atoms with van der Waals surface area (Å²) in [4.78, 5) is 17.9. The van der Waals surface area contributed by atoms with Crippen molar-refractivity contribution >= 4 is 105 Å². The highest BCUT2D eigenvalue weighted by atomic mass is 79.9. The van der Waals surface area contributed by atoms with E-state index in [0.29, 0.717) is 17.7 Å². The highest BCUT2D eigenvalue weighted by Crippen LogP contribution is 2.61. The number of fused-ring (bicyclic) bond motifs is 2.